The van der Waals surface area contributed by atoms with E-state index in [9.17, 15) is 9.59 Å². The van der Waals surface area contributed by atoms with Gasteiger partial charge < -0.3 is 10.2 Å². The molecule has 0 unspecified atom stereocenters. The van der Waals surface area contributed by atoms with Crippen molar-refractivity contribution in [2.24, 2.45) is 0 Å². The third kappa shape index (κ3) is 2.30. The van der Waals surface area contributed by atoms with Crippen LogP contribution in [0.3, 0.4) is 0 Å². The molecule has 0 radical (unpaired) electrons. The Balaban J connectivity index is 2.24. The molecule has 1 aliphatic heterocycles. The van der Waals surface area contributed by atoms with Crippen molar-refractivity contribution in [2.75, 3.05) is 19.6 Å². The molecule has 4 heteroatoms. The molecule has 1 heterocycles. The number of nitrogens with zero attached hydrogens (tertiary/aromatic N) is 1. The monoisotopic (exact) mass is 232 g/mol. The molecule has 0 aromatic heterocycles. The zero-order chi connectivity index (χ0) is 12.4. The van der Waals surface area contributed by atoms with Crippen LogP contribution in [0, 0.1) is 13.8 Å². The van der Waals surface area contributed by atoms with Crippen molar-refractivity contribution in [3.8, 4) is 0 Å². The lowest BCUT2D eigenvalue weighted by Crippen LogP contribution is -2.50. The van der Waals surface area contributed by atoms with Crippen LogP contribution in [0.4, 0.5) is 0 Å². The molecular formula is C13H16N2O2. The van der Waals surface area contributed by atoms with Crippen molar-refractivity contribution in [1.82, 2.24) is 10.2 Å². The summed E-state index contributed by atoms with van der Waals surface area (Å²) in [6, 6.07) is 5.67. The van der Waals surface area contributed by atoms with Crippen LogP contribution < -0.4 is 5.32 Å². The van der Waals surface area contributed by atoms with Crippen LogP contribution in [-0.4, -0.2) is 36.3 Å². The Bertz CT molecular complexity index is 468. The standard InChI is InChI=1S/C13H16N2O2/c1-9-4-3-5-11(10(9)2)13(17)15-7-6-14-12(16)8-15/h3-5H,6-8H2,1-2H3,(H,14,16). The SMILES string of the molecule is Cc1cccc(C(=O)N2CCNC(=O)C2)c1C. The van der Waals surface area contributed by atoms with E-state index in [2.05, 4.69) is 5.32 Å². The van der Waals surface area contributed by atoms with Crippen LogP contribution in [0.2, 0.25) is 0 Å². The Labute approximate surface area is 101 Å². The zero-order valence-corrected chi connectivity index (χ0v) is 10.1. The van der Waals surface area contributed by atoms with Gasteiger partial charge in [-0.15, -0.1) is 0 Å². The van der Waals surface area contributed by atoms with E-state index in [1.54, 1.807) is 4.90 Å². The first-order chi connectivity index (χ1) is 8.09. The lowest BCUT2D eigenvalue weighted by molar-refractivity contribution is -0.123. The fourth-order valence-electron chi connectivity index (χ4n) is 1.97. The maximum Gasteiger partial charge on any atom is 0.254 e. The third-order valence-corrected chi connectivity index (χ3v) is 3.16. The summed E-state index contributed by atoms with van der Waals surface area (Å²) >= 11 is 0. The van der Waals surface area contributed by atoms with Gasteiger partial charge in [0.25, 0.3) is 5.91 Å². The highest BCUT2D eigenvalue weighted by atomic mass is 16.2. The molecule has 0 saturated carbocycles. The lowest BCUT2D eigenvalue weighted by Gasteiger charge is -2.27. The highest BCUT2D eigenvalue weighted by Crippen LogP contribution is 2.15. The second kappa shape index (κ2) is 4.57. The van der Waals surface area contributed by atoms with Crippen molar-refractivity contribution < 1.29 is 9.59 Å². The van der Waals surface area contributed by atoms with Crippen LogP contribution in [0.15, 0.2) is 18.2 Å². The van der Waals surface area contributed by atoms with Gasteiger partial charge in [-0.1, -0.05) is 12.1 Å². The Kier molecular flexibility index (Phi) is 3.13. The van der Waals surface area contributed by atoms with E-state index in [-0.39, 0.29) is 18.4 Å². The number of aryl methyl sites for hydroxylation is 1. The number of nitrogens with one attached hydrogen (secondary N) is 1. The fourth-order valence-corrected chi connectivity index (χ4v) is 1.97. The van der Waals surface area contributed by atoms with Gasteiger partial charge in [0.1, 0.15) is 0 Å². The average molecular weight is 232 g/mol. The van der Waals surface area contributed by atoms with E-state index in [1.165, 1.54) is 0 Å². The number of piperazine rings is 1. The molecule has 1 aromatic rings. The van der Waals surface area contributed by atoms with E-state index in [0.29, 0.717) is 18.7 Å². The van der Waals surface area contributed by atoms with Crippen LogP contribution in [0.25, 0.3) is 0 Å². The smallest absolute Gasteiger partial charge is 0.254 e. The molecule has 0 atom stereocenters. The third-order valence-electron chi connectivity index (χ3n) is 3.16. The highest BCUT2D eigenvalue weighted by Gasteiger charge is 2.23. The van der Waals surface area contributed by atoms with Crippen molar-refractivity contribution in [1.29, 1.82) is 0 Å². The molecule has 1 aromatic carbocycles. The van der Waals surface area contributed by atoms with E-state index in [1.807, 2.05) is 32.0 Å². The number of benzene rings is 1. The summed E-state index contributed by atoms with van der Waals surface area (Å²) in [5.41, 5.74) is 2.78. The zero-order valence-electron chi connectivity index (χ0n) is 10.1. The van der Waals surface area contributed by atoms with Crippen molar-refractivity contribution in [3.63, 3.8) is 0 Å². The number of rotatable bonds is 1. The first kappa shape index (κ1) is 11.6. The number of hydrogen-bond donors (Lipinski definition) is 1. The van der Waals surface area contributed by atoms with Gasteiger partial charge in [0.15, 0.2) is 0 Å². The summed E-state index contributed by atoms with van der Waals surface area (Å²) in [5, 5.41) is 2.71. The minimum absolute atomic E-state index is 0.0546. The van der Waals surface area contributed by atoms with E-state index >= 15 is 0 Å². The predicted molar refractivity (Wildman–Crippen MR) is 64.8 cm³/mol. The Morgan fingerprint density at radius 1 is 1.35 bits per heavy atom. The number of carbonyl (C=O) groups excluding carboxylic acids is 2. The summed E-state index contributed by atoms with van der Waals surface area (Å²) in [5.74, 6) is -0.143. The topological polar surface area (TPSA) is 49.4 Å². The van der Waals surface area contributed by atoms with Gasteiger partial charge >= 0.3 is 0 Å². The molecule has 4 nitrogen and oxygen atoms in total. The summed E-state index contributed by atoms with van der Waals surface area (Å²) in [4.78, 5) is 25.1. The highest BCUT2D eigenvalue weighted by molar-refractivity contribution is 5.98. The quantitative estimate of drug-likeness (QED) is 0.781. The van der Waals surface area contributed by atoms with Crippen LogP contribution in [-0.2, 0) is 4.79 Å². The lowest BCUT2D eigenvalue weighted by atomic mass is 10.0. The van der Waals surface area contributed by atoms with Gasteiger partial charge in [-0.25, -0.2) is 0 Å². The van der Waals surface area contributed by atoms with E-state index < -0.39 is 0 Å². The molecule has 90 valence electrons. The van der Waals surface area contributed by atoms with Crippen molar-refractivity contribution >= 4 is 11.8 Å². The minimum Gasteiger partial charge on any atom is -0.353 e. The molecule has 2 rings (SSSR count). The molecule has 0 bridgehead atoms. The Morgan fingerprint density at radius 3 is 2.82 bits per heavy atom. The van der Waals surface area contributed by atoms with Gasteiger partial charge in [0, 0.05) is 18.7 Å². The van der Waals surface area contributed by atoms with Crippen molar-refractivity contribution in [2.45, 2.75) is 13.8 Å². The summed E-state index contributed by atoms with van der Waals surface area (Å²) in [6.07, 6.45) is 0. The van der Waals surface area contributed by atoms with E-state index in [4.69, 9.17) is 0 Å². The molecule has 1 N–H and O–H groups in total. The molecule has 17 heavy (non-hydrogen) atoms. The molecule has 1 aliphatic rings. The Hall–Kier alpha value is -1.84. The van der Waals surface area contributed by atoms with Crippen LogP contribution in [0.1, 0.15) is 21.5 Å². The second-order valence-electron chi connectivity index (χ2n) is 4.32. The molecular weight excluding hydrogens is 216 g/mol. The van der Waals surface area contributed by atoms with Gasteiger partial charge in [0.05, 0.1) is 6.54 Å². The number of carbonyl (C=O) groups is 2. The van der Waals surface area contributed by atoms with Crippen LogP contribution in [0.5, 0.6) is 0 Å². The van der Waals surface area contributed by atoms with Crippen LogP contribution >= 0.6 is 0 Å². The maximum absolute atomic E-state index is 12.3. The molecule has 1 saturated heterocycles. The first-order valence-corrected chi connectivity index (χ1v) is 5.72. The summed E-state index contributed by atoms with van der Waals surface area (Å²) in [7, 11) is 0. The molecule has 2 amide bonds. The first-order valence-electron chi connectivity index (χ1n) is 5.72. The molecule has 1 fully saturated rings. The minimum atomic E-state index is -0.0880. The van der Waals surface area contributed by atoms with Crippen molar-refractivity contribution in [3.05, 3.63) is 34.9 Å². The average Bonchev–Trinajstić information content (AvgIpc) is 2.32. The van der Waals surface area contributed by atoms with Gasteiger partial charge in [-0.3, -0.25) is 9.59 Å². The van der Waals surface area contributed by atoms with E-state index in [0.717, 1.165) is 11.1 Å². The fraction of sp³-hybridized carbons (Fsp3) is 0.385. The summed E-state index contributed by atoms with van der Waals surface area (Å²) < 4.78 is 0. The molecule has 0 aliphatic carbocycles. The van der Waals surface area contributed by atoms with Gasteiger partial charge in [0.2, 0.25) is 5.91 Å². The normalized spacial score (nSPS) is 15.6. The Morgan fingerprint density at radius 2 is 2.12 bits per heavy atom. The predicted octanol–water partition coefficient (Wildman–Crippen LogP) is 0.875. The number of amides is 2. The summed E-state index contributed by atoms with van der Waals surface area (Å²) in [6.45, 7) is 5.20. The largest absolute Gasteiger partial charge is 0.353 e. The second-order valence-corrected chi connectivity index (χ2v) is 4.32. The molecule has 0 spiro atoms. The number of hydrogen-bond acceptors (Lipinski definition) is 2. The maximum atomic E-state index is 12.3. The van der Waals surface area contributed by atoms with Gasteiger partial charge in [-0.2, -0.15) is 0 Å². The van der Waals surface area contributed by atoms with Gasteiger partial charge in [-0.05, 0) is 31.0 Å².